The number of carbonyl (C=O) groups excluding carboxylic acids is 1. The molecule has 1 amide bonds. The van der Waals surface area contributed by atoms with E-state index in [1.54, 1.807) is 72.8 Å². The number of aromatic carboxylic acids is 1. The summed E-state index contributed by atoms with van der Waals surface area (Å²) in [5, 5.41) is 21.5. The summed E-state index contributed by atoms with van der Waals surface area (Å²) in [6, 6.07) is 30.2. The van der Waals surface area contributed by atoms with Crippen LogP contribution in [0, 0.1) is 5.82 Å². The fraction of sp³-hybridized carbons (Fsp3) is 0.0857. The van der Waals surface area contributed by atoms with E-state index in [2.05, 4.69) is 10.0 Å². The van der Waals surface area contributed by atoms with Crippen LogP contribution in [0.1, 0.15) is 31.8 Å². The average molecular weight is 641 g/mol. The second-order valence-corrected chi connectivity index (χ2v) is 12.1. The molecule has 0 saturated heterocycles. The molecule has 0 aliphatic carbocycles. The van der Waals surface area contributed by atoms with Gasteiger partial charge in [0, 0.05) is 29.4 Å². The molecule has 4 N–H and O–H groups in total. The van der Waals surface area contributed by atoms with Crippen molar-refractivity contribution < 1.29 is 37.3 Å². The molecule has 0 aromatic heterocycles. The molecule has 0 aliphatic heterocycles. The van der Waals surface area contributed by atoms with Gasteiger partial charge in [0.2, 0.25) is 10.0 Å². The fourth-order valence-corrected chi connectivity index (χ4v) is 5.96. The summed E-state index contributed by atoms with van der Waals surface area (Å²) in [7, 11) is -3.91. The molecule has 11 heteroatoms. The third-order valence-corrected chi connectivity index (χ3v) is 8.19. The normalized spacial score (nSPS) is 11.1. The molecule has 0 fully saturated rings. The molecule has 0 bridgehead atoms. The minimum absolute atomic E-state index is 0.0127. The summed E-state index contributed by atoms with van der Waals surface area (Å²) in [4.78, 5) is 24.3. The van der Waals surface area contributed by atoms with Crippen molar-refractivity contribution in [2.75, 3.05) is 16.6 Å². The highest BCUT2D eigenvalue weighted by Crippen LogP contribution is 2.25. The number of benzene rings is 5. The molecule has 0 radical (unpaired) electrons. The fourth-order valence-electron chi connectivity index (χ4n) is 4.74. The maximum Gasteiger partial charge on any atom is 0.335 e. The van der Waals surface area contributed by atoms with Crippen LogP contribution >= 0.6 is 0 Å². The lowest BCUT2D eigenvalue weighted by Gasteiger charge is -2.12. The van der Waals surface area contributed by atoms with Crippen LogP contribution in [0.5, 0.6) is 11.5 Å². The summed E-state index contributed by atoms with van der Waals surface area (Å²) in [5.41, 5.74) is 3.34. The van der Waals surface area contributed by atoms with Gasteiger partial charge in [-0.1, -0.05) is 54.6 Å². The number of anilines is 2. The zero-order valence-electron chi connectivity index (χ0n) is 24.3. The summed E-state index contributed by atoms with van der Waals surface area (Å²) < 4.78 is 48.4. The van der Waals surface area contributed by atoms with Crippen molar-refractivity contribution in [2.24, 2.45) is 0 Å². The van der Waals surface area contributed by atoms with Crippen LogP contribution in [0.25, 0.3) is 11.1 Å². The molecule has 0 heterocycles. The Kier molecular flexibility index (Phi) is 9.63. The number of rotatable bonds is 12. The van der Waals surface area contributed by atoms with Crippen LogP contribution in [-0.4, -0.2) is 37.1 Å². The van der Waals surface area contributed by atoms with Crippen molar-refractivity contribution in [1.29, 1.82) is 0 Å². The van der Waals surface area contributed by atoms with Crippen molar-refractivity contribution in [1.82, 2.24) is 0 Å². The van der Waals surface area contributed by atoms with Crippen molar-refractivity contribution in [3.8, 4) is 22.6 Å². The summed E-state index contributed by atoms with van der Waals surface area (Å²) in [5.74, 6) is -2.68. The number of ether oxygens (including phenoxy) is 1. The van der Waals surface area contributed by atoms with Gasteiger partial charge in [0.25, 0.3) is 5.91 Å². The lowest BCUT2D eigenvalue weighted by molar-refractivity contribution is 0.0695. The van der Waals surface area contributed by atoms with Gasteiger partial charge >= 0.3 is 5.97 Å². The number of hydrogen-bond acceptors (Lipinski definition) is 6. The quantitative estimate of drug-likeness (QED) is 0.119. The van der Waals surface area contributed by atoms with Crippen molar-refractivity contribution in [3.63, 3.8) is 0 Å². The average Bonchev–Trinajstić information content (AvgIpc) is 3.02. The first-order valence-electron chi connectivity index (χ1n) is 14.1. The van der Waals surface area contributed by atoms with Gasteiger partial charge in [0.15, 0.2) is 11.6 Å². The van der Waals surface area contributed by atoms with Gasteiger partial charge in [0.1, 0.15) is 5.75 Å². The molecule has 0 atom stereocenters. The molecule has 0 unspecified atom stereocenters. The maximum absolute atomic E-state index is 14.8. The zero-order valence-corrected chi connectivity index (χ0v) is 25.1. The van der Waals surface area contributed by atoms with Gasteiger partial charge in [0.05, 0.1) is 17.9 Å². The Hall–Kier alpha value is -5.68. The zero-order chi connectivity index (χ0) is 32.7. The second kappa shape index (κ2) is 14.0. The van der Waals surface area contributed by atoms with Gasteiger partial charge < -0.3 is 20.3 Å². The monoisotopic (exact) mass is 640 g/mol. The predicted octanol–water partition coefficient (Wildman–Crippen LogP) is 6.71. The van der Waals surface area contributed by atoms with E-state index < -0.39 is 33.5 Å². The van der Waals surface area contributed by atoms with Gasteiger partial charge in [-0.2, -0.15) is 0 Å². The van der Waals surface area contributed by atoms with Gasteiger partial charge in [-0.05, 0) is 76.9 Å². The first-order valence-corrected chi connectivity index (χ1v) is 15.8. The van der Waals surface area contributed by atoms with Crippen LogP contribution < -0.4 is 14.8 Å². The van der Waals surface area contributed by atoms with Crippen LogP contribution in [0.3, 0.4) is 0 Å². The number of carboxylic acids is 1. The van der Waals surface area contributed by atoms with Crippen LogP contribution in [0.2, 0.25) is 0 Å². The summed E-state index contributed by atoms with van der Waals surface area (Å²) in [6.07, 6.45) is 0.340. The summed E-state index contributed by atoms with van der Waals surface area (Å²) in [6.45, 7) is 0.0921. The number of carboxylic acid groups (broad SMARTS) is 1. The third kappa shape index (κ3) is 8.27. The van der Waals surface area contributed by atoms with E-state index in [0.29, 0.717) is 17.7 Å². The van der Waals surface area contributed by atoms with Gasteiger partial charge in [-0.15, -0.1) is 0 Å². The Morgan fingerprint density at radius 3 is 2.30 bits per heavy atom. The van der Waals surface area contributed by atoms with Crippen LogP contribution in [-0.2, 0) is 22.2 Å². The Labute approximate surface area is 265 Å². The van der Waals surface area contributed by atoms with E-state index in [0.717, 1.165) is 22.8 Å². The number of halogens is 1. The Balaban J connectivity index is 1.16. The predicted molar refractivity (Wildman–Crippen MR) is 173 cm³/mol. The number of phenols is 1. The van der Waals surface area contributed by atoms with E-state index in [1.807, 2.05) is 6.07 Å². The molecule has 0 aliphatic rings. The molecule has 234 valence electrons. The second-order valence-electron chi connectivity index (χ2n) is 10.3. The van der Waals surface area contributed by atoms with Crippen LogP contribution in [0.4, 0.5) is 15.8 Å². The molecule has 0 spiro atoms. The molecule has 9 nitrogen and oxygen atoms in total. The lowest BCUT2D eigenvalue weighted by atomic mass is 10.0. The Morgan fingerprint density at radius 2 is 1.54 bits per heavy atom. The first kappa shape index (κ1) is 31.7. The SMILES string of the molecule is O=C(Nc1ccc(OCCc2cccc(NS(=O)(=O)Cc3ccccc3C(=O)O)c2)c(F)c1)c1cccc(-c2ccc(O)cc2)c1. The third-order valence-electron chi connectivity index (χ3n) is 6.96. The number of aromatic hydroxyl groups is 1. The highest BCUT2D eigenvalue weighted by molar-refractivity contribution is 7.91. The van der Waals surface area contributed by atoms with E-state index in [9.17, 15) is 32.6 Å². The molecule has 5 rings (SSSR count). The van der Waals surface area contributed by atoms with Gasteiger partial charge in [-0.25, -0.2) is 17.6 Å². The number of nitrogens with one attached hydrogen (secondary N) is 2. The van der Waals surface area contributed by atoms with E-state index in [4.69, 9.17) is 4.74 Å². The largest absolute Gasteiger partial charge is 0.508 e. The molecule has 46 heavy (non-hydrogen) atoms. The first-order chi connectivity index (χ1) is 22.1. The Morgan fingerprint density at radius 1 is 0.783 bits per heavy atom. The molecular formula is C35H29FN2O7S. The number of hydrogen-bond donors (Lipinski definition) is 4. The molecule has 0 saturated carbocycles. The summed E-state index contributed by atoms with van der Waals surface area (Å²) >= 11 is 0. The maximum atomic E-state index is 14.8. The Bertz CT molecular complexity index is 2000. The smallest absolute Gasteiger partial charge is 0.335 e. The molecular weight excluding hydrogens is 611 g/mol. The van der Waals surface area contributed by atoms with E-state index in [1.165, 1.54) is 30.3 Å². The minimum Gasteiger partial charge on any atom is -0.508 e. The van der Waals surface area contributed by atoms with E-state index in [-0.39, 0.29) is 34.9 Å². The minimum atomic E-state index is -3.91. The highest BCUT2D eigenvalue weighted by atomic mass is 32.2. The van der Waals surface area contributed by atoms with Crippen molar-refractivity contribution >= 4 is 33.3 Å². The number of carbonyl (C=O) groups is 2. The molecule has 5 aromatic rings. The van der Waals surface area contributed by atoms with Crippen LogP contribution in [0.15, 0.2) is 115 Å². The van der Waals surface area contributed by atoms with Crippen molar-refractivity contribution in [2.45, 2.75) is 12.2 Å². The van der Waals surface area contributed by atoms with E-state index >= 15 is 0 Å². The highest BCUT2D eigenvalue weighted by Gasteiger charge is 2.18. The van der Waals surface area contributed by atoms with Crippen molar-refractivity contribution in [3.05, 3.63) is 143 Å². The number of sulfonamides is 1. The lowest BCUT2D eigenvalue weighted by Crippen LogP contribution is -2.17. The number of amides is 1. The molecule has 5 aromatic carbocycles. The van der Waals surface area contributed by atoms with Gasteiger partial charge in [-0.3, -0.25) is 9.52 Å². The standard InChI is InChI=1S/C35H29FN2O7S/c36-32-21-28(37-34(40)26-8-4-7-25(20-26)24-11-14-30(39)15-12-24)13-16-33(32)45-18-17-23-5-3-9-29(19-23)38-46(43,44)22-27-6-1-2-10-31(27)35(41)42/h1-16,19-21,38-39H,17-18,22H2,(H,37,40)(H,41,42). The number of phenolic OH excluding ortho intramolecular Hbond substituents is 1. The topological polar surface area (TPSA) is 142 Å².